The van der Waals surface area contributed by atoms with Crippen LogP contribution >= 0.6 is 0 Å². The molecule has 4 aromatic carbocycles. The van der Waals surface area contributed by atoms with Gasteiger partial charge < -0.3 is 0 Å². The second-order valence-electron chi connectivity index (χ2n) is 6.81. The molecule has 1 aliphatic heterocycles. The van der Waals surface area contributed by atoms with Crippen LogP contribution in [0.25, 0.3) is 32.3 Å². The molecule has 0 bridgehead atoms. The van der Waals surface area contributed by atoms with Gasteiger partial charge >= 0.3 is 21.9 Å². The summed E-state index contributed by atoms with van der Waals surface area (Å²) in [6.07, 6.45) is -0.549. The SMILES string of the molecule is O=C1CCC(=O)[N+]1(O)OS(=O)(=O)c1ccc2ccc3cccc4ccc1c2c34. The van der Waals surface area contributed by atoms with Crippen LogP contribution in [0.5, 0.6) is 0 Å². The van der Waals surface area contributed by atoms with Gasteiger partial charge in [0.05, 0.1) is 12.8 Å². The summed E-state index contributed by atoms with van der Waals surface area (Å²) in [6.45, 7) is 0. The highest BCUT2D eigenvalue weighted by atomic mass is 32.2. The largest absolute Gasteiger partial charge is 0.388 e. The van der Waals surface area contributed by atoms with E-state index in [9.17, 15) is 23.2 Å². The van der Waals surface area contributed by atoms with E-state index in [1.165, 1.54) is 6.07 Å². The van der Waals surface area contributed by atoms with Gasteiger partial charge in [0.15, 0.2) is 0 Å². The number of hydrogen-bond donors (Lipinski definition) is 1. The highest BCUT2D eigenvalue weighted by Crippen LogP contribution is 2.38. The Bertz CT molecular complexity index is 1380. The number of hydrogen-bond acceptors (Lipinski definition) is 6. The number of nitrogens with zero attached hydrogens (tertiary/aromatic N) is 1. The van der Waals surface area contributed by atoms with Crippen molar-refractivity contribution in [2.24, 2.45) is 0 Å². The monoisotopic (exact) mass is 396 g/mol. The molecule has 0 radical (unpaired) electrons. The van der Waals surface area contributed by atoms with Crippen LogP contribution in [0.1, 0.15) is 12.8 Å². The molecule has 0 unspecified atom stereocenters. The quantitative estimate of drug-likeness (QED) is 0.247. The summed E-state index contributed by atoms with van der Waals surface area (Å²) in [5, 5.41) is 15.0. The molecule has 1 saturated heterocycles. The van der Waals surface area contributed by atoms with Crippen molar-refractivity contribution in [2.75, 3.05) is 0 Å². The molecule has 7 nitrogen and oxygen atoms in total. The Morgan fingerprint density at radius 2 is 1.32 bits per heavy atom. The lowest BCUT2D eigenvalue weighted by atomic mass is 9.94. The molecular weight excluding hydrogens is 382 g/mol. The molecule has 5 rings (SSSR count). The van der Waals surface area contributed by atoms with E-state index in [-0.39, 0.29) is 17.7 Å². The van der Waals surface area contributed by atoms with Crippen LogP contribution in [-0.4, -0.2) is 30.2 Å². The van der Waals surface area contributed by atoms with Crippen molar-refractivity contribution in [3.63, 3.8) is 0 Å². The van der Waals surface area contributed by atoms with E-state index in [0.29, 0.717) is 5.39 Å². The zero-order valence-electron chi connectivity index (χ0n) is 14.5. The van der Waals surface area contributed by atoms with Crippen molar-refractivity contribution in [3.8, 4) is 0 Å². The number of carbonyl (C=O) groups is 2. The van der Waals surface area contributed by atoms with Gasteiger partial charge in [-0.2, -0.15) is 13.6 Å². The maximum atomic E-state index is 12.9. The fourth-order valence-electron chi connectivity index (χ4n) is 3.85. The second-order valence-corrected chi connectivity index (χ2v) is 8.31. The smallest absolute Gasteiger partial charge is 0.223 e. The number of carbonyl (C=O) groups excluding carboxylic acids is 2. The Labute approximate surface area is 159 Å². The van der Waals surface area contributed by atoms with Gasteiger partial charge in [-0.05, 0) is 37.3 Å². The fourth-order valence-corrected chi connectivity index (χ4v) is 5.05. The number of hydroxylamine groups is 4. The van der Waals surface area contributed by atoms with Crippen LogP contribution in [0.15, 0.2) is 59.5 Å². The van der Waals surface area contributed by atoms with Gasteiger partial charge in [0, 0.05) is 5.39 Å². The van der Waals surface area contributed by atoms with Crippen LogP contribution in [-0.2, 0) is 24.0 Å². The molecule has 0 atom stereocenters. The maximum Gasteiger partial charge on any atom is 0.388 e. The first kappa shape index (κ1) is 17.2. The number of rotatable bonds is 3. The summed E-state index contributed by atoms with van der Waals surface area (Å²) >= 11 is 0. The van der Waals surface area contributed by atoms with Crippen LogP contribution in [0.3, 0.4) is 0 Å². The Morgan fingerprint density at radius 1 is 0.786 bits per heavy atom. The summed E-state index contributed by atoms with van der Waals surface area (Å²) in [7, 11) is -4.61. The summed E-state index contributed by atoms with van der Waals surface area (Å²) in [4.78, 5) is 21.3. The minimum Gasteiger partial charge on any atom is -0.223 e. The summed E-state index contributed by atoms with van der Waals surface area (Å²) in [6, 6.07) is 16.1. The van der Waals surface area contributed by atoms with E-state index in [0.717, 1.165) is 26.9 Å². The Kier molecular flexibility index (Phi) is 3.41. The average molecular weight is 396 g/mol. The maximum absolute atomic E-state index is 12.9. The van der Waals surface area contributed by atoms with Crippen molar-refractivity contribution in [1.29, 1.82) is 0 Å². The molecule has 8 heteroatoms. The van der Waals surface area contributed by atoms with Crippen molar-refractivity contribution in [2.45, 2.75) is 17.7 Å². The van der Waals surface area contributed by atoms with Crippen LogP contribution in [0.2, 0.25) is 0 Å². The third-order valence-corrected chi connectivity index (χ3v) is 6.50. The zero-order valence-corrected chi connectivity index (χ0v) is 15.3. The second kappa shape index (κ2) is 5.55. The zero-order chi connectivity index (χ0) is 19.7. The first-order chi connectivity index (χ1) is 13.3. The lowest BCUT2D eigenvalue weighted by Gasteiger charge is -2.17. The third-order valence-electron chi connectivity index (χ3n) is 5.19. The molecule has 28 heavy (non-hydrogen) atoms. The van der Waals surface area contributed by atoms with Crippen molar-refractivity contribution in [1.82, 2.24) is 0 Å². The molecule has 0 aromatic heterocycles. The Balaban J connectivity index is 1.77. The molecule has 4 aromatic rings. The molecule has 0 saturated carbocycles. The third kappa shape index (κ3) is 2.23. The number of benzene rings is 4. The van der Waals surface area contributed by atoms with Gasteiger partial charge in [-0.1, -0.05) is 48.5 Å². The molecule has 0 spiro atoms. The standard InChI is InChI=1S/C20H14NO6S/c22-17-10-11-18(23)21(17,24)27-28(25,26)16-9-7-14-5-4-12-2-1-3-13-6-8-15(16)20(14)19(12)13/h1-9,24H,10-11H2/q+1. The van der Waals surface area contributed by atoms with Gasteiger partial charge in [0.1, 0.15) is 9.71 Å². The van der Waals surface area contributed by atoms with Crippen molar-refractivity contribution >= 4 is 54.2 Å². The van der Waals surface area contributed by atoms with Gasteiger partial charge in [-0.3, -0.25) is 0 Å². The fraction of sp³-hybridized carbons (Fsp3) is 0.100. The highest BCUT2D eigenvalue weighted by molar-refractivity contribution is 7.86. The van der Waals surface area contributed by atoms with Crippen LogP contribution in [0, 0.1) is 0 Å². The molecule has 1 heterocycles. The summed E-state index contributed by atoms with van der Waals surface area (Å²) < 4.78 is 30.6. The van der Waals surface area contributed by atoms with Gasteiger partial charge in [-0.15, -0.1) is 0 Å². The molecule has 140 valence electrons. The van der Waals surface area contributed by atoms with Gasteiger partial charge in [0.2, 0.25) is 0 Å². The molecule has 0 aliphatic carbocycles. The Hall–Kier alpha value is -2.91. The molecule has 1 aliphatic rings. The predicted molar refractivity (Wildman–Crippen MR) is 99.7 cm³/mol. The van der Waals surface area contributed by atoms with E-state index >= 15 is 0 Å². The van der Waals surface area contributed by atoms with E-state index in [4.69, 9.17) is 4.28 Å². The number of amides is 2. The van der Waals surface area contributed by atoms with Gasteiger partial charge in [-0.25, -0.2) is 9.59 Å². The first-order valence-electron chi connectivity index (χ1n) is 8.63. The van der Waals surface area contributed by atoms with E-state index in [2.05, 4.69) is 0 Å². The molecule has 1 fully saturated rings. The van der Waals surface area contributed by atoms with Crippen LogP contribution in [0.4, 0.5) is 0 Å². The average Bonchev–Trinajstić information content (AvgIpc) is 2.92. The normalized spacial score (nSPS) is 17.3. The van der Waals surface area contributed by atoms with Gasteiger partial charge in [0.25, 0.3) is 0 Å². The molecular formula is C20H14NO6S+. The minimum atomic E-state index is -4.61. The van der Waals surface area contributed by atoms with Crippen LogP contribution < -0.4 is 0 Å². The first-order valence-corrected chi connectivity index (χ1v) is 10.0. The summed E-state index contributed by atoms with van der Waals surface area (Å²) in [5.74, 6) is -2.02. The molecule has 1 N–H and O–H groups in total. The number of quaternary nitrogens is 1. The highest BCUT2D eigenvalue weighted by Gasteiger charge is 2.56. The lowest BCUT2D eigenvalue weighted by Crippen LogP contribution is -2.50. The van der Waals surface area contributed by atoms with E-state index in [1.807, 2.05) is 30.3 Å². The van der Waals surface area contributed by atoms with E-state index < -0.39 is 26.7 Å². The minimum absolute atomic E-state index is 0.211. The van der Waals surface area contributed by atoms with Crippen molar-refractivity contribution in [3.05, 3.63) is 54.6 Å². The van der Waals surface area contributed by atoms with Crippen molar-refractivity contribution < 1.29 is 32.3 Å². The molecule has 2 amide bonds. The summed E-state index contributed by atoms with van der Waals surface area (Å²) in [5.41, 5.74) is 0. The Morgan fingerprint density at radius 3 is 1.96 bits per heavy atom. The topological polar surface area (TPSA) is 97.7 Å². The predicted octanol–water partition coefficient (Wildman–Crippen LogP) is 3.26. The lowest BCUT2D eigenvalue weighted by molar-refractivity contribution is -1.11. The van der Waals surface area contributed by atoms with E-state index in [1.54, 1.807) is 18.2 Å². The number of imide groups is 1.